The maximum absolute atomic E-state index is 11.8. The highest BCUT2D eigenvalue weighted by Crippen LogP contribution is 2.04. The topological polar surface area (TPSA) is 75.1 Å². The third kappa shape index (κ3) is 4.16. The van der Waals surface area contributed by atoms with Crippen molar-refractivity contribution in [2.75, 3.05) is 13.2 Å². The van der Waals surface area contributed by atoms with Crippen molar-refractivity contribution in [3.8, 4) is 11.8 Å². The summed E-state index contributed by atoms with van der Waals surface area (Å²) in [6.07, 6.45) is 3.97. The third-order valence-corrected chi connectivity index (χ3v) is 3.26. The average molecular weight is 287 g/mol. The van der Waals surface area contributed by atoms with Crippen LogP contribution in [-0.4, -0.2) is 34.1 Å². The number of hydrogen-bond donors (Lipinski definition) is 2. The third-order valence-electron chi connectivity index (χ3n) is 2.42. The molecule has 2 rings (SSSR count). The molecule has 1 amide bonds. The van der Waals surface area contributed by atoms with E-state index in [1.807, 2.05) is 5.38 Å². The summed E-state index contributed by atoms with van der Waals surface area (Å²) in [5.74, 6) is 5.02. The van der Waals surface area contributed by atoms with Gasteiger partial charge in [-0.1, -0.05) is 11.8 Å². The van der Waals surface area contributed by atoms with Gasteiger partial charge in [-0.3, -0.25) is 4.79 Å². The Hall–Kier alpha value is -2.23. The minimum Gasteiger partial charge on any atom is -0.384 e. The molecule has 0 aliphatic heterocycles. The van der Waals surface area contributed by atoms with E-state index in [1.165, 1.54) is 6.20 Å². The first-order chi connectivity index (χ1) is 9.79. The number of aromatic nitrogens is 2. The molecule has 2 heterocycles. The lowest BCUT2D eigenvalue weighted by atomic mass is 10.2. The van der Waals surface area contributed by atoms with E-state index in [-0.39, 0.29) is 12.5 Å². The van der Waals surface area contributed by atoms with Crippen LogP contribution >= 0.6 is 11.3 Å². The van der Waals surface area contributed by atoms with Crippen molar-refractivity contribution in [1.29, 1.82) is 0 Å². The minimum absolute atomic E-state index is 0.195. The van der Waals surface area contributed by atoms with Crippen LogP contribution in [0.4, 0.5) is 0 Å². The van der Waals surface area contributed by atoms with Crippen LogP contribution in [0.3, 0.4) is 0 Å². The van der Waals surface area contributed by atoms with Crippen molar-refractivity contribution < 1.29 is 9.90 Å². The molecule has 0 unspecified atom stereocenters. The fourth-order valence-corrected chi connectivity index (χ4v) is 2.11. The minimum atomic E-state index is -0.219. The lowest BCUT2D eigenvalue weighted by Gasteiger charge is -2.03. The lowest BCUT2D eigenvalue weighted by molar-refractivity contribution is 0.0949. The van der Waals surface area contributed by atoms with Gasteiger partial charge in [0.25, 0.3) is 5.91 Å². The van der Waals surface area contributed by atoms with Gasteiger partial charge in [0, 0.05) is 36.3 Å². The second-order valence-electron chi connectivity index (χ2n) is 3.82. The van der Waals surface area contributed by atoms with Gasteiger partial charge < -0.3 is 10.4 Å². The number of nitrogens with one attached hydrogen (secondary N) is 1. The average Bonchev–Trinajstić information content (AvgIpc) is 2.99. The summed E-state index contributed by atoms with van der Waals surface area (Å²) in [4.78, 5) is 20.0. The molecule has 0 radical (unpaired) electrons. The van der Waals surface area contributed by atoms with Crippen molar-refractivity contribution in [2.45, 2.75) is 6.42 Å². The first kappa shape index (κ1) is 14.2. The van der Waals surface area contributed by atoms with Crippen LogP contribution in [0, 0.1) is 11.8 Å². The largest absolute Gasteiger partial charge is 0.384 e. The Labute approximate surface area is 120 Å². The summed E-state index contributed by atoms with van der Waals surface area (Å²) < 4.78 is 0. The highest BCUT2D eigenvalue weighted by molar-refractivity contribution is 7.09. The normalized spacial score (nSPS) is 9.65. The molecular formula is C14H13N3O2S. The Bertz CT molecular complexity index is 612. The summed E-state index contributed by atoms with van der Waals surface area (Å²) in [6.45, 7) is 0.332. The van der Waals surface area contributed by atoms with Crippen molar-refractivity contribution in [3.05, 3.63) is 46.2 Å². The predicted molar refractivity (Wildman–Crippen MR) is 76.4 cm³/mol. The van der Waals surface area contributed by atoms with Gasteiger partial charge in [-0.2, -0.15) is 0 Å². The number of rotatable bonds is 4. The van der Waals surface area contributed by atoms with E-state index < -0.39 is 0 Å². The fraction of sp³-hybridized carbons (Fsp3) is 0.214. The number of hydrogen-bond acceptors (Lipinski definition) is 5. The smallest absolute Gasteiger partial charge is 0.269 e. The molecule has 0 spiro atoms. The Balaban J connectivity index is 1.85. The number of amides is 1. The number of carbonyl (C=O) groups is 1. The first-order valence-electron chi connectivity index (χ1n) is 6.02. The van der Waals surface area contributed by atoms with E-state index in [4.69, 9.17) is 5.11 Å². The van der Waals surface area contributed by atoms with Crippen molar-refractivity contribution in [2.24, 2.45) is 0 Å². The van der Waals surface area contributed by atoms with Crippen molar-refractivity contribution in [1.82, 2.24) is 15.3 Å². The zero-order valence-electron chi connectivity index (χ0n) is 10.7. The highest BCUT2D eigenvalue weighted by atomic mass is 32.1. The molecule has 6 heteroatoms. The van der Waals surface area contributed by atoms with Gasteiger partial charge in [0.05, 0.1) is 5.01 Å². The maximum Gasteiger partial charge on any atom is 0.269 e. The fourth-order valence-electron chi connectivity index (χ4n) is 1.49. The first-order valence-corrected chi connectivity index (χ1v) is 6.90. The second kappa shape index (κ2) is 7.38. The summed E-state index contributed by atoms with van der Waals surface area (Å²) >= 11 is 1.57. The summed E-state index contributed by atoms with van der Waals surface area (Å²) in [5, 5.41) is 14.3. The molecule has 0 saturated heterocycles. The Morgan fingerprint density at radius 1 is 1.40 bits per heavy atom. The van der Waals surface area contributed by atoms with E-state index in [0.29, 0.717) is 24.2 Å². The van der Waals surface area contributed by atoms with Crippen LogP contribution in [0.5, 0.6) is 0 Å². The van der Waals surface area contributed by atoms with Gasteiger partial charge in [-0.25, -0.2) is 9.97 Å². The number of pyridine rings is 1. The molecule has 2 aromatic rings. The van der Waals surface area contributed by atoms with Gasteiger partial charge >= 0.3 is 0 Å². The zero-order valence-corrected chi connectivity index (χ0v) is 11.5. The molecule has 0 saturated carbocycles. The number of aliphatic hydroxyl groups excluding tert-OH is 1. The Kier molecular flexibility index (Phi) is 5.24. The maximum atomic E-state index is 11.8. The number of nitrogens with zero attached hydrogens (tertiary/aromatic N) is 2. The molecule has 0 aliphatic rings. The van der Waals surface area contributed by atoms with Gasteiger partial charge in [-0.05, 0) is 12.1 Å². The van der Waals surface area contributed by atoms with Crippen LogP contribution in [0.15, 0.2) is 29.9 Å². The summed E-state index contributed by atoms with van der Waals surface area (Å²) in [6, 6.07) is 3.31. The van der Waals surface area contributed by atoms with E-state index in [0.717, 1.165) is 5.01 Å². The Morgan fingerprint density at radius 3 is 2.95 bits per heavy atom. The van der Waals surface area contributed by atoms with Crippen molar-refractivity contribution >= 4 is 17.2 Å². The number of carbonyl (C=O) groups excluding carboxylic acids is 1. The molecule has 102 valence electrons. The molecule has 0 bridgehead atoms. The van der Waals surface area contributed by atoms with Crippen molar-refractivity contribution in [3.63, 3.8) is 0 Å². The van der Waals surface area contributed by atoms with Crippen LogP contribution in [0.25, 0.3) is 0 Å². The second-order valence-corrected chi connectivity index (χ2v) is 4.80. The van der Waals surface area contributed by atoms with Crippen LogP contribution in [0.2, 0.25) is 0 Å². The highest BCUT2D eigenvalue weighted by Gasteiger charge is 2.06. The van der Waals surface area contributed by atoms with E-state index in [9.17, 15) is 4.79 Å². The van der Waals surface area contributed by atoms with Gasteiger partial charge in [0.15, 0.2) is 0 Å². The Morgan fingerprint density at radius 2 is 2.30 bits per heavy atom. The van der Waals surface area contributed by atoms with Crippen LogP contribution < -0.4 is 5.32 Å². The molecule has 5 nitrogen and oxygen atoms in total. The molecule has 0 fully saturated rings. The number of aliphatic hydroxyl groups is 1. The molecule has 20 heavy (non-hydrogen) atoms. The molecule has 0 aliphatic carbocycles. The van der Waals surface area contributed by atoms with E-state index in [1.54, 1.807) is 29.7 Å². The standard InChI is InChI=1S/C14H13N3O2S/c18-8-1-2-11-3-4-12(17-10-11)14(19)16-6-5-13-15-7-9-20-13/h3-4,7,9-10,18H,5-6,8H2,(H,16,19). The molecule has 2 N–H and O–H groups in total. The lowest BCUT2D eigenvalue weighted by Crippen LogP contribution is -2.26. The van der Waals surface area contributed by atoms with E-state index >= 15 is 0 Å². The molecular weight excluding hydrogens is 274 g/mol. The predicted octanol–water partition coefficient (Wildman–Crippen LogP) is 0.854. The monoisotopic (exact) mass is 287 g/mol. The summed E-state index contributed by atoms with van der Waals surface area (Å²) in [7, 11) is 0. The zero-order chi connectivity index (χ0) is 14.2. The van der Waals surface area contributed by atoms with Gasteiger partial charge in [0.2, 0.25) is 0 Å². The van der Waals surface area contributed by atoms with E-state index in [2.05, 4.69) is 27.1 Å². The van der Waals surface area contributed by atoms with Gasteiger partial charge in [-0.15, -0.1) is 11.3 Å². The molecule has 0 atom stereocenters. The van der Waals surface area contributed by atoms with Crippen LogP contribution in [0.1, 0.15) is 21.1 Å². The molecule has 2 aromatic heterocycles. The quantitative estimate of drug-likeness (QED) is 0.818. The van der Waals surface area contributed by atoms with Gasteiger partial charge in [0.1, 0.15) is 12.3 Å². The van der Waals surface area contributed by atoms with Crippen LogP contribution in [-0.2, 0) is 6.42 Å². The SMILES string of the molecule is O=C(NCCc1nccs1)c1ccc(C#CCO)cn1. The summed E-state index contributed by atoms with van der Waals surface area (Å²) in [5.41, 5.74) is 1.01. The molecule has 0 aromatic carbocycles. The number of thiazole rings is 1.